The summed E-state index contributed by atoms with van der Waals surface area (Å²) in [4.78, 5) is 40.6. The monoisotopic (exact) mass is 459 g/mol. The van der Waals surface area contributed by atoms with Crippen LogP contribution in [0.1, 0.15) is 18.1 Å². The first-order chi connectivity index (χ1) is 13.8. The number of hydrogen-bond acceptors (Lipinski definition) is 4. The molecule has 4 amide bonds. The van der Waals surface area contributed by atoms with Gasteiger partial charge in [0.15, 0.2) is 0 Å². The van der Waals surface area contributed by atoms with Crippen LogP contribution in [0.4, 0.5) is 4.79 Å². The zero-order valence-corrected chi connectivity index (χ0v) is 18.0. The standard InChI is InChI=1S/C21H22BrN3O4/c1-21(16-9-4-5-10-17(16)22)19(27)25(20(28)23-21)13-18(26)24(2)12-14-7-6-8-15(11-14)29-3/h4-11H,12-13H2,1-3H3,(H,23,28). The lowest BCUT2D eigenvalue weighted by atomic mass is 9.92. The van der Waals surface area contributed by atoms with Gasteiger partial charge in [-0.2, -0.15) is 0 Å². The van der Waals surface area contributed by atoms with Gasteiger partial charge in [-0.25, -0.2) is 4.79 Å². The van der Waals surface area contributed by atoms with Crippen LogP contribution in [-0.2, 0) is 21.7 Å². The van der Waals surface area contributed by atoms with Crippen LogP contribution in [0, 0.1) is 0 Å². The number of carbonyl (C=O) groups excluding carboxylic acids is 3. The minimum absolute atomic E-state index is 0.328. The van der Waals surface area contributed by atoms with Gasteiger partial charge in [0.1, 0.15) is 17.8 Å². The largest absolute Gasteiger partial charge is 0.497 e. The second-order valence-corrected chi connectivity index (χ2v) is 7.88. The lowest BCUT2D eigenvalue weighted by molar-refractivity contribution is -0.138. The SMILES string of the molecule is COc1cccc(CN(C)C(=O)CN2C(=O)NC(C)(c3ccccc3Br)C2=O)c1. The summed E-state index contributed by atoms with van der Waals surface area (Å²) < 4.78 is 5.90. The van der Waals surface area contributed by atoms with Crippen LogP contribution >= 0.6 is 15.9 Å². The van der Waals surface area contributed by atoms with E-state index in [4.69, 9.17) is 4.74 Å². The fourth-order valence-electron chi connectivity index (χ4n) is 3.28. The zero-order chi connectivity index (χ0) is 21.2. The van der Waals surface area contributed by atoms with Crippen LogP contribution in [0.15, 0.2) is 53.0 Å². The van der Waals surface area contributed by atoms with Gasteiger partial charge in [0.2, 0.25) is 5.91 Å². The lowest BCUT2D eigenvalue weighted by Gasteiger charge is -2.24. The van der Waals surface area contributed by atoms with Crippen molar-refractivity contribution in [2.75, 3.05) is 20.7 Å². The highest BCUT2D eigenvalue weighted by molar-refractivity contribution is 9.10. The minimum atomic E-state index is -1.23. The van der Waals surface area contributed by atoms with E-state index in [1.807, 2.05) is 30.3 Å². The molecule has 0 aliphatic carbocycles. The van der Waals surface area contributed by atoms with E-state index >= 15 is 0 Å². The predicted molar refractivity (Wildman–Crippen MR) is 111 cm³/mol. The molecule has 1 fully saturated rings. The molecule has 0 aromatic heterocycles. The van der Waals surface area contributed by atoms with E-state index in [1.54, 1.807) is 39.3 Å². The normalized spacial score (nSPS) is 18.6. The van der Waals surface area contributed by atoms with E-state index in [1.165, 1.54) is 4.90 Å². The van der Waals surface area contributed by atoms with Crippen molar-refractivity contribution in [3.8, 4) is 5.75 Å². The number of benzene rings is 2. The van der Waals surface area contributed by atoms with Gasteiger partial charge in [0, 0.05) is 23.6 Å². The van der Waals surface area contributed by atoms with Crippen LogP contribution < -0.4 is 10.1 Å². The van der Waals surface area contributed by atoms with Gasteiger partial charge in [-0.15, -0.1) is 0 Å². The van der Waals surface area contributed by atoms with Crippen LogP contribution in [-0.4, -0.2) is 48.3 Å². The topological polar surface area (TPSA) is 79.0 Å². The molecule has 0 saturated carbocycles. The Morgan fingerprint density at radius 1 is 1.21 bits per heavy atom. The molecule has 2 aromatic carbocycles. The number of halogens is 1. The van der Waals surface area contributed by atoms with E-state index in [-0.39, 0.29) is 12.5 Å². The molecule has 7 nitrogen and oxygen atoms in total. The molecule has 1 unspecified atom stereocenters. The van der Waals surface area contributed by atoms with Crippen LogP contribution in [0.5, 0.6) is 5.75 Å². The average molecular weight is 460 g/mol. The molecule has 2 aromatic rings. The maximum atomic E-state index is 13.0. The van der Waals surface area contributed by atoms with Gasteiger partial charge in [0.25, 0.3) is 5.91 Å². The van der Waals surface area contributed by atoms with Crippen molar-refractivity contribution >= 4 is 33.8 Å². The van der Waals surface area contributed by atoms with E-state index in [0.717, 1.165) is 10.5 Å². The number of imide groups is 1. The highest BCUT2D eigenvalue weighted by Crippen LogP contribution is 2.33. The maximum absolute atomic E-state index is 13.0. The van der Waals surface area contributed by atoms with Gasteiger partial charge in [0.05, 0.1) is 7.11 Å². The molecule has 8 heteroatoms. The highest BCUT2D eigenvalue weighted by Gasteiger charge is 2.50. The number of nitrogens with zero attached hydrogens (tertiary/aromatic N) is 2. The summed E-state index contributed by atoms with van der Waals surface area (Å²) in [7, 11) is 3.21. The number of ether oxygens (including phenoxy) is 1. The van der Waals surface area contributed by atoms with Gasteiger partial charge >= 0.3 is 6.03 Å². The van der Waals surface area contributed by atoms with Crippen molar-refractivity contribution in [1.29, 1.82) is 0 Å². The molecule has 29 heavy (non-hydrogen) atoms. The molecule has 1 aliphatic heterocycles. The number of urea groups is 1. The number of amides is 4. The number of carbonyl (C=O) groups is 3. The summed E-state index contributed by atoms with van der Waals surface area (Å²) in [6, 6.07) is 14.0. The Bertz CT molecular complexity index is 964. The summed E-state index contributed by atoms with van der Waals surface area (Å²) in [6.45, 7) is 1.64. The van der Waals surface area contributed by atoms with Crippen molar-refractivity contribution < 1.29 is 19.1 Å². The number of nitrogens with one attached hydrogen (secondary N) is 1. The molecule has 1 saturated heterocycles. The van der Waals surface area contributed by atoms with E-state index < -0.39 is 17.5 Å². The molecule has 1 N–H and O–H groups in total. The van der Waals surface area contributed by atoms with Crippen molar-refractivity contribution in [3.63, 3.8) is 0 Å². The molecular formula is C21H22BrN3O4. The van der Waals surface area contributed by atoms with Gasteiger partial charge in [-0.05, 0) is 30.7 Å². The minimum Gasteiger partial charge on any atom is -0.497 e. The van der Waals surface area contributed by atoms with Crippen LogP contribution in [0.3, 0.4) is 0 Å². The third-order valence-electron chi connectivity index (χ3n) is 4.96. The number of methoxy groups -OCH3 is 1. The summed E-state index contributed by atoms with van der Waals surface area (Å²) in [5.41, 5.74) is 0.288. The molecule has 1 aliphatic rings. The Morgan fingerprint density at radius 2 is 1.93 bits per heavy atom. The molecule has 0 bridgehead atoms. The molecule has 0 radical (unpaired) electrons. The number of likely N-dealkylation sites (N-methyl/N-ethyl adjacent to an activating group) is 1. The Kier molecular flexibility index (Phi) is 5.93. The van der Waals surface area contributed by atoms with Gasteiger partial charge < -0.3 is 15.0 Å². The predicted octanol–water partition coefficient (Wildman–Crippen LogP) is 2.88. The first-order valence-electron chi connectivity index (χ1n) is 9.02. The second kappa shape index (κ2) is 8.24. The molecule has 3 rings (SSSR count). The van der Waals surface area contributed by atoms with E-state index in [2.05, 4.69) is 21.2 Å². The smallest absolute Gasteiger partial charge is 0.325 e. The summed E-state index contributed by atoms with van der Waals surface area (Å²) in [6.07, 6.45) is 0. The van der Waals surface area contributed by atoms with Crippen molar-refractivity contribution in [1.82, 2.24) is 15.1 Å². The fourth-order valence-corrected chi connectivity index (χ4v) is 3.96. The lowest BCUT2D eigenvalue weighted by Crippen LogP contribution is -2.43. The number of rotatable bonds is 6. The first kappa shape index (κ1) is 20.9. The van der Waals surface area contributed by atoms with Gasteiger partial charge in [-0.1, -0.05) is 46.3 Å². The summed E-state index contributed by atoms with van der Waals surface area (Å²) >= 11 is 3.42. The summed E-state index contributed by atoms with van der Waals surface area (Å²) in [5.74, 6) is -0.105. The second-order valence-electron chi connectivity index (χ2n) is 7.03. The van der Waals surface area contributed by atoms with Crippen molar-refractivity contribution in [2.45, 2.75) is 19.0 Å². The molecule has 1 heterocycles. The highest BCUT2D eigenvalue weighted by atomic mass is 79.9. The molecule has 1 atom stereocenters. The van der Waals surface area contributed by atoms with Gasteiger partial charge in [-0.3, -0.25) is 14.5 Å². The van der Waals surface area contributed by atoms with E-state index in [9.17, 15) is 14.4 Å². The average Bonchev–Trinajstić information content (AvgIpc) is 2.92. The third kappa shape index (κ3) is 4.12. The van der Waals surface area contributed by atoms with Crippen LogP contribution in [0.2, 0.25) is 0 Å². The van der Waals surface area contributed by atoms with E-state index in [0.29, 0.717) is 22.3 Å². The number of hydrogen-bond donors (Lipinski definition) is 1. The molecule has 0 spiro atoms. The Labute approximate surface area is 177 Å². The van der Waals surface area contributed by atoms with Crippen LogP contribution in [0.25, 0.3) is 0 Å². The third-order valence-corrected chi connectivity index (χ3v) is 5.65. The first-order valence-corrected chi connectivity index (χ1v) is 9.81. The Morgan fingerprint density at radius 3 is 2.62 bits per heavy atom. The maximum Gasteiger partial charge on any atom is 0.325 e. The Balaban J connectivity index is 1.72. The fraction of sp³-hybridized carbons (Fsp3) is 0.286. The van der Waals surface area contributed by atoms with Crippen molar-refractivity contribution in [3.05, 3.63) is 64.1 Å². The summed E-state index contributed by atoms with van der Waals surface area (Å²) in [5, 5.41) is 2.72. The molecule has 152 valence electrons. The van der Waals surface area contributed by atoms with Crippen molar-refractivity contribution in [2.24, 2.45) is 0 Å². The zero-order valence-electron chi connectivity index (χ0n) is 16.4. The quantitative estimate of drug-likeness (QED) is 0.673. The Hall–Kier alpha value is -2.87. The molecular weight excluding hydrogens is 438 g/mol.